The van der Waals surface area contributed by atoms with Gasteiger partial charge in [-0.25, -0.2) is 4.98 Å². The standard InChI is InChI=1S/C28H33N5O/c1-21-9-11-24(12-10-21)30-26-13-16-29-28(31-26)33-17-5-8-25(33)27(34)32-18-14-23(15-19-32)20-22-6-3-2-4-7-22/h2-4,6-7,9-13,16,23,25H,5,8,14-15,17-20H2,1H3,(H,29,30,31). The molecule has 2 aliphatic heterocycles. The topological polar surface area (TPSA) is 61.4 Å². The van der Waals surface area contributed by atoms with Crippen molar-refractivity contribution in [1.82, 2.24) is 14.9 Å². The number of piperidine rings is 1. The van der Waals surface area contributed by atoms with Gasteiger partial charge in [0.25, 0.3) is 0 Å². The van der Waals surface area contributed by atoms with Gasteiger partial charge in [0.1, 0.15) is 11.9 Å². The second-order valence-electron chi connectivity index (χ2n) is 9.54. The fourth-order valence-electron chi connectivity index (χ4n) is 5.12. The van der Waals surface area contributed by atoms with E-state index in [-0.39, 0.29) is 11.9 Å². The lowest BCUT2D eigenvalue weighted by Crippen LogP contribution is -2.49. The van der Waals surface area contributed by atoms with Gasteiger partial charge in [-0.15, -0.1) is 0 Å². The van der Waals surface area contributed by atoms with Crippen molar-refractivity contribution in [2.75, 3.05) is 29.9 Å². The highest BCUT2D eigenvalue weighted by Crippen LogP contribution is 2.28. The number of anilines is 3. The van der Waals surface area contributed by atoms with E-state index >= 15 is 0 Å². The van der Waals surface area contributed by atoms with E-state index in [1.807, 2.05) is 18.2 Å². The SMILES string of the molecule is Cc1ccc(Nc2ccnc(N3CCCC3C(=O)N3CCC(Cc4ccccc4)CC3)n2)cc1. The van der Waals surface area contributed by atoms with Crippen LogP contribution in [0.4, 0.5) is 17.5 Å². The van der Waals surface area contributed by atoms with Gasteiger partial charge in [-0.05, 0) is 68.7 Å². The second-order valence-corrected chi connectivity index (χ2v) is 9.54. The maximum Gasteiger partial charge on any atom is 0.245 e. The Morgan fingerprint density at radius 2 is 1.74 bits per heavy atom. The van der Waals surface area contributed by atoms with Crippen LogP contribution in [-0.2, 0) is 11.2 Å². The van der Waals surface area contributed by atoms with Crippen LogP contribution in [-0.4, -0.2) is 46.5 Å². The summed E-state index contributed by atoms with van der Waals surface area (Å²) in [5, 5.41) is 3.35. The molecule has 0 bridgehead atoms. The molecule has 3 heterocycles. The summed E-state index contributed by atoms with van der Waals surface area (Å²) < 4.78 is 0. The molecule has 34 heavy (non-hydrogen) atoms. The van der Waals surface area contributed by atoms with E-state index < -0.39 is 0 Å². The van der Waals surface area contributed by atoms with Gasteiger partial charge in [-0.1, -0.05) is 48.0 Å². The number of rotatable bonds is 6. The Kier molecular flexibility index (Phi) is 6.74. The molecule has 0 radical (unpaired) electrons. The minimum Gasteiger partial charge on any atom is -0.341 e. The molecule has 1 amide bonds. The van der Waals surface area contributed by atoms with Crippen LogP contribution in [0.15, 0.2) is 66.9 Å². The van der Waals surface area contributed by atoms with Crippen molar-refractivity contribution in [3.8, 4) is 0 Å². The Bertz CT molecular complexity index is 1090. The van der Waals surface area contributed by atoms with Gasteiger partial charge in [0.15, 0.2) is 0 Å². The van der Waals surface area contributed by atoms with Gasteiger partial charge in [-0.2, -0.15) is 4.98 Å². The molecule has 2 aromatic carbocycles. The van der Waals surface area contributed by atoms with Crippen LogP contribution in [0.25, 0.3) is 0 Å². The Labute approximate surface area is 202 Å². The van der Waals surface area contributed by atoms with Gasteiger partial charge < -0.3 is 15.1 Å². The number of hydrogen-bond donors (Lipinski definition) is 1. The first-order valence-electron chi connectivity index (χ1n) is 12.4. The lowest BCUT2D eigenvalue weighted by molar-refractivity contribution is -0.133. The first kappa shape index (κ1) is 22.4. The van der Waals surface area contributed by atoms with Gasteiger partial charge in [-0.3, -0.25) is 4.79 Å². The lowest BCUT2D eigenvalue weighted by atomic mass is 9.90. The quantitative estimate of drug-likeness (QED) is 0.568. The van der Waals surface area contributed by atoms with Gasteiger partial charge in [0.2, 0.25) is 11.9 Å². The molecule has 6 heteroatoms. The number of nitrogens with zero attached hydrogens (tertiary/aromatic N) is 4. The number of likely N-dealkylation sites (tertiary alicyclic amines) is 1. The fourth-order valence-corrected chi connectivity index (χ4v) is 5.12. The zero-order valence-corrected chi connectivity index (χ0v) is 19.9. The molecule has 2 fully saturated rings. The molecule has 0 spiro atoms. The van der Waals surface area contributed by atoms with E-state index in [1.165, 1.54) is 11.1 Å². The molecule has 2 aliphatic rings. The Balaban J connectivity index is 1.21. The third-order valence-electron chi connectivity index (χ3n) is 7.05. The summed E-state index contributed by atoms with van der Waals surface area (Å²) in [6, 6.07) is 20.6. The van der Waals surface area contributed by atoms with Crippen molar-refractivity contribution < 1.29 is 4.79 Å². The average Bonchev–Trinajstić information content (AvgIpc) is 3.36. The molecule has 1 atom stereocenters. The molecule has 3 aromatic rings. The van der Waals surface area contributed by atoms with Crippen LogP contribution in [0.3, 0.4) is 0 Å². The van der Waals surface area contributed by atoms with E-state index in [0.717, 1.165) is 63.2 Å². The molecule has 0 saturated carbocycles. The maximum absolute atomic E-state index is 13.5. The minimum absolute atomic E-state index is 0.166. The zero-order valence-electron chi connectivity index (χ0n) is 19.9. The van der Waals surface area contributed by atoms with Crippen molar-refractivity contribution in [3.63, 3.8) is 0 Å². The Morgan fingerprint density at radius 1 is 0.971 bits per heavy atom. The van der Waals surface area contributed by atoms with Gasteiger partial charge in [0.05, 0.1) is 0 Å². The lowest BCUT2D eigenvalue weighted by Gasteiger charge is -2.35. The third-order valence-corrected chi connectivity index (χ3v) is 7.05. The summed E-state index contributed by atoms with van der Waals surface area (Å²) in [4.78, 5) is 26.9. The maximum atomic E-state index is 13.5. The van der Waals surface area contributed by atoms with Crippen LogP contribution in [0.5, 0.6) is 0 Å². The fraction of sp³-hybridized carbons (Fsp3) is 0.393. The molecule has 176 valence electrons. The molecule has 2 saturated heterocycles. The normalized spacial score (nSPS) is 18.8. The van der Waals surface area contributed by atoms with Gasteiger partial charge >= 0.3 is 0 Å². The summed E-state index contributed by atoms with van der Waals surface area (Å²) in [6.45, 7) is 4.57. The molecular weight excluding hydrogens is 422 g/mol. The van der Waals surface area contributed by atoms with Crippen molar-refractivity contribution in [2.24, 2.45) is 5.92 Å². The monoisotopic (exact) mass is 455 g/mol. The molecule has 6 nitrogen and oxygen atoms in total. The van der Waals surface area contributed by atoms with Crippen molar-refractivity contribution >= 4 is 23.4 Å². The number of aryl methyl sites for hydroxylation is 1. The number of benzene rings is 2. The van der Waals surface area contributed by atoms with E-state index in [0.29, 0.717) is 11.9 Å². The van der Waals surface area contributed by atoms with E-state index in [2.05, 4.69) is 69.5 Å². The molecule has 1 aromatic heterocycles. The highest BCUT2D eigenvalue weighted by atomic mass is 16.2. The first-order chi connectivity index (χ1) is 16.7. The Morgan fingerprint density at radius 3 is 2.50 bits per heavy atom. The highest BCUT2D eigenvalue weighted by Gasteiger charge is 2.36. The highest BCUT2D eigenvalue weighted by molar-refractivity contribution is 5.85. The second kappa shape index (κ2) is 10.2. The van der Waals surface area contributed by atoms with E-state index in [4.69, 9.17) is 4.98 Å². The molecule has 1 N–H and O–H groups in total. The van der Waals surface area contributed by atoms with Gasteiger partial charge in [0, 0.05) is 31.5 Å². The molecule has 1 unspecified atom stereocenters. The van der Waals surface area contributed by atoms with Crippen LogP contribution >= 0.6 is 0 Å². The number of carbonyl (C=O) groups is 1. The largest absolute Gasteiger partial charge is 0.341 e. The predicted molar refractivity (Wildman–Crippen MR) is 136 cm³/mol. The predicted octanol–water partition coefficient (Wildman–Crippen LogP) is 4.98. The number of carbonyl (C=O) groups excluding carboxylic acids is 1. The summed E-state index contributed by atoms with van der Waals surface area (Å²) in [6.07, 6.45) is 6.86. The molecule has 5 rings (SSSR count). The average molecular weight is 456 g/mol. The van der Waals surface area contributed by atoms with Crippen molar-refractivity contribution in [2.45, 2.75) is 45.1 Å². The number of amides is 1. The van der Waals surface area contributed by atoms with E-state index in [9.17, 15) is 4.79 Å². The number of hydrogen-bond acceptors (Lipinski definition) is 5. The van der Waals surface area contributed by atoms with E-state index in [1.54, 1.807) is 6.20 Å². The minimum atomic E-state index is -0.166. The first-order valence-corrected chi connectivity index (χ1v) is 12.4. The summed E-state index contributed by atoms with van der Waals surface area (Å²) in [5.74, 6) is 2.26. The molecular formula is C28H33N5O. The zero-order chi connectivity index (χ0) is 23.3. The summed E-state index contributed by atoms with van der Waals surface area (Å²) in [5.41, 5.74) is 3.60. The third kappa shape index (κ3) is 5.22. The summed E-state index contributed by atoms with van der Waals surface area (Å²) >= 11 is 0. The Hall–Kier alpha value is -3.41. The summed E-state index contributed by atoms with van der Waals surface area (Å²) in [7, 11) is 0. The van der Waals surface area contributed by atoms with Crippen LogP contribution < -0.4 is 10.2 Å². The molecule has 0 aliphatic carbocycles. The van der Waals surface area contributed by atoms with Crippen molar-refractivity contribution in [3.05, 3.63) is 78.0 Å². The van der Waals surface area contributed by atoms with Crippen LogP contribution in [0.1, 0.15) is 36.8 Å². The van der Waals surface area contributed by atoms with Crippen molar-refractivity contribution in [1.29, 1.82) is 0 Å². The smallest absolute Gasteiger partial charge is 0.245 e. The number of nitrogens with one attached hydrogen (secondary N) is 1. The number of aromatic nitrogens is 2. The van der Waals surface area contributed by atoms with Crippen LogP contribution in [0.2, 0.25) is 0 Å². The van der Waals surface area contributed by atoms with Crippen LogP contribution in [0, 0.1) is 12.8 Å².